The van der Waals surface area contributed by atoms with Crippen molar-refractivity contribution in [3.05, 3.63) is 35.4 Å². The van der Waals surface area contributed by atoms with E-state index in [2.05, 4.69) is 0 Å². The van der Waals surface area contributed by atoms with Crippen LogP contribution < -0.4 is 4.74 Å². The number of hydrogen-bond donors (Lipinski definition) is 1. The van der Waals surface area contributed by atoms with Gasteiger partial charge in [0.15, 0.2) is 0 Å². The fourth-order valence-corrected chi connectivity index (χ4v) is 1.04. The summed E-state index contributed by atoms with van der Waals surface area (Å²) in [6.07, 6.45) is 1.30. The molecule has 1 aromatic carbocycles. The molecule has 0 aliphatic heterocycles. The number of benzene rings is 1. The van der Waals surface area contributed by atoms with E-state index in [-0.39, 0.29) is 5.57 Å². The molecular weight excluding hydrogens is 194 g/mol. The highest BCUT2D eigenvalue weighted by molar-refractivity contribution is 5.96. The second-order valence-corrected chi connectivity index (χ2v) is 2.75. The Morgan fingerprint density at radius 3 is 2.87 bits per heavy atom. The zero-order valence-corrected chi connectivity index (χ0v) is 8.10. The molecule has 0 amide bonds. The lowest BCUT2D eigenvalue weighted by molar-refractivity contribution is -0.132. The lowest BCUT2D eigenvalue weighted by Crippen LogP contribution is -1.97. The maximum Gasteiger partial charge on any atom is 0.346 e. The molecule has 0 unspecified atom stereocenters. The summed E-state index contributed by atoms with van der Waals surface area (Å²) >= 11 is 0. The average Bonchev–Trinajstić information content (AvgIpc) is 2.25. The lowest BCUT2D eigenvalue weighted by Gasteiger charge is -2.00. The number of methoxy groups -OCH3 is 1. The summed E-state index contributed by atoms with van der Waals surface area (Å²) < 4.78 is 4.97. The first-order valence-corrected chi connectivity index (χ1v) is 4.16. The first-order valence-electron chi connectivity index (χ1n) is 4.16. The number of hydrogen-bond acceptors (Lipinski definition) is 3. The van der Waals surface area contributed by atoms with Crippen molar-refractivity contribution >= 4 is 12.0 Å². The minimum absolute atomic E-state index is 0.303. The summed E-state index contributed by atoms with van der Waals surface area (Å²) in [5.41, 5.74) is 0.316. The van der Waals surface area contributed by atoms with Crippen molar-refractivity contribution in [2.45, 2.75) is 0 Å². The van der Waals surface area contributed by atoms with Gasteiger partial charge in [0, 0.05) is 0 Å². The fourth-order valence-electron chi connectivity index (χ4n) is 1.04. The van der Waals surface area contributed by atoms with E-state index in [1.807, 2.05) is 0 Å². The van der Waals surface area contributed by atoms with Crippen molar-refractivity contribution < 1.29 is 14.6 Å². The molecule has 1 rings (SSSR count). The van der Waals surface area contributed by atoms with Crippen molar-refractivity contribution in [2.24, 2.45) is 0 Å². The molecule has 76 valence electrons. The predicted molar refractivity (Wildman–Crippen MR) is 54.2 cm³/mol. The van der Waals surface area contributed by atoms with Crippen LogP contribution in [0.15, 0.2) is 29.8 Å². The van der Waals surface area contributed by atoms with Crippen LogP contribution in [-0.4, -0.2) is 18.2 Å². The summed E-state index contributed by atoms with van der Waals surface area (Å²) in [6.45, 7) is 0. The third kappa shape index (κ3) is 2.85. The van der Waals surface area contributed by atoms with Gasteiger partial charge in [0.05, 0.1) is 7.11 Å². The van der Waals surface area contributed by atoms with Crippen LogP contribution in [0.3, 0.4) is 0 Å². The maximum atomic E-state index is 10.6. The first kappa shape index (κ1) is 10.8. The molecule has 1 aromatic rings. The number of carbonyl (C=O) groups is 1. The smallest absolute Gasteiger partial charge is 0.346 e. The topological polar surface area (TPSA) is 70.3 Å². The molecule has 0 aliphatic rings. The summed E-state index contributed by atoms with van der Waals surface area (Å²) in [5, 5.41) is 17.2. The summed E-state index contributed by atoms with van der Waals surface area (Å²) in [4.78, 5) is 10.6. The van der Waals surface area contributed by atoms with Crippen LogP contribution in [0, 0.1) is 11.3 Å². The van der Waals surface area contributed by atoms with Crippen LogP contribution in [0.25, 0.3) is 6.08 Å². The highest BCUT2D eigenvalue weighted by Gasteiger charge is 2.05. The SMILES string of the molecule is COc1cccc(/C=C(/C#N)C(=O)O)c1. The molecule has 4 nitrogen and oxygen atoms in total. The molecule has 0 atom stereocenters. The molecule has 0 spiro atoms. The van der Waals surface area contributed by atoms with Gasteiger partial charge in [0.1, 0.15) is 17.4 Å². The van der Waals surface area contributed by atoms with Gasteiger partial charge in [-0.05, 0) is 23.8 Å². The quantitative estimate of drug-likeness (QED) is 0.599. The van der Waals surface area contributed by atoms with Gasteiger partial charge in [0.25, 0.3) is 0 Å². The Hall–Kier alpha value is -2.28. The van der Waals surface area contributed by atoms with E-state index in [9.17, 15) is 4.79 Å². The minimum Gasteiger partial charge on any atom is -0.497 e. The van der Waals surface area contributed by atoms with E-state index >= 15 is 0 Å². The number of aliphatic carboxylic acids is 1. The molecule has 0 aromatic heterocycles. The highest BCUT2D eigenvalue weighted by atomic mass is 16.5. The minimum atomic E-state index is -1.24. The number of nitrogens with zero attached hydrogens (tertiary/aromatic N) is 1. The largest absolute Gasteiger partial charge is 0.497 e. The van der Waals surface area contributed by atoms with Gasteiger partial charge in [-0.15, -0.1) is 0 Å². The zero-order chi connectivity index (χ0) is 11.3. The van der Waals surface area contributed by atoms with Gasteiger partial charge in [-0.3, -0.25) is 0 Å². The molecule has 0 heterocycles. The molecule has 0 saturated carbocycles. The highest BCUT2D eigenvalue weighted by Crippen LogP contribution is 2.15. The number of carboxylic acid groups (broad SMARTS) is 1. The van der Waals surface area contributed by atoms with Gasteiger partial charge >= 0.3 is 5.97 Å². The van der Waals surface area contributed by atoms with Gasteiger partial charge in [-0.2, -0.15) is 5.26 Å². The summed E-state index contributed by atoms with van der Waals surface area (Å²) in [7, 11) is 1.52. The molecule has 4 heteroatoms. The second kappa shape index (κ2) is 4.82. The predicted octanol–water partition coefficient (Wildman–Crippen LogP) is 1.69. The Kier molecular flexibility index (Phi) is 3.47. The van der Waals surface area contributed by atoms with E-state index in [0.717, 1.165) is 0 Å². The Bertz CT molecular complexity index is 443. The van der Waals surface area contributed by atoms with Crippen LogP contribution in [0.5, 0.6) is 5.75 Å². The Morgan fingerprint density at radius 2 is 2.33 bits per heavy atom. The van der Waals surface area contributed by atoms with E-state index in [4.69, 9.17) is 15.1 Å². The zero-order valence-electron chi connectivity index (χ0n) is 8.10. The van der Waals surface area contributed by atoms with Crippen LogP contribution in [0.4, 0.5) is 0 Å². The molecule has 1 N–H and O–H groups in total. The molecule has 0 radical (unpaired) electrons. The average molecular weight is 203 g/mol. The molecule has 0 bridgehead atoms. The van der Waals surface area contributed by atoms with Crippen LogP contribution >= 0.6 is 0 Å². The van der Waals surface area contributed by atoms with Crippen molar-refractivity contribution in [2.75, 3.05) is 7.11 Å². The number of ether oxygens (including phenoxy) is 1. The molecule has 0 saturated heterocycles. The third-order valence-electron chi connectivity index (χ3n) is 1.76. The Morgan fingerprint density at radius 1 is 1.60 bits per heavy atom. The Balaban J connectivity index is 3.07. The molecule has 0 fully saturated rings. The number of nitriles is 1. The normalized spacial score (nSPS) is 10.5. The van der Waals surface area contributed by atoms with Crippen molar-refractivity contribution in [3.8, 4) is 11.8 Å². The molecule has 15 heavy (non-hydrogen) atoms. The van der Waals surface area contributed by atoms with Crippen LogP contribution in [-0.2, 0) is 4.79 Å². The van der Waals surface area contributed by atoms with E-state index in [1.54, 1.807) is 30.3 Å². The van der Waals surface area contributed by atoms with Gasteiger partial charge in [-0.25, -0.2) is 4.79 Å². The van der Waals surface area contributed by atoms with Crippen LogP contribution in [0.2, 0.25) is 0 Å². The molecule has 0 aliphatic carbocycles. The maximum absolute atomic E-state index is 10.6. The summed E-state index contributed by atoms with van der Waals surface area (Å²) in [5.74, 6) is -0.619. The third-order valence-corrected chi connectivity index (χ3v) is 1.76. The van der Waals surface area contributed by atoms with Crippen molar-refractivity contribution in [1.29, 1.82) is 5.26 Å². The van der Waals surface area contributed by atoms with E-state index in [0.29, 0.717) is 11.3 Å². The van der Waals surface area contributed by atoms with Crippen molar-refractivity contribution in [1.82, 2.24) is 0 Å². The van der Waals surface area contributed by atoms with Gasteiger partial charge in [-0.1, -0.05) is 12.1 Å². The monoisotopic (exact) mass is 203 g/mol. The molecular formula is C11H9NO3. The number of carboxylic acids is 1. The van der Waals surface area contributed by atoms with E-state index in [1.165, 1.54) is 13.2 Å². The van der Waals surface area contributed by atoms with E-state index < -0.39 is 5.97 Å². The second-order valence-electron chi connectivity index (χ2n) is 2.75. The van der Waals surface area contributed by atoms with Crippen LogP contribution in [0.1, 0.15) is 5.56 Å². The summed E-state index contributed by atoms with van der Waals surface area (Å²) in [6, 6.07) is 8.42. The first-order chi connectivity index (χ1) is 7.17. The fraction of sp³-hybridized carbons (Fsp3) is 0.0909. The van der Waals surface area contributed by atoms with Crippen molar-refractivity contribution in [3.63, 3.8) is 0 Å². The van der Waals surface area contributed by atoms with Gasteiger partial charge < -0.3 is 9.84 Å². The lowest BCUT2D eigenvalue weighted by atomic mass is 10.1. The Labute approximate surface area is 87.0 Å². The van der Waals surface area contributed by atoms with Gasteiger partial charge in [0.2, 0.25) is 0 Å². The number of rotatable bonds is 3. The standard InChI is InChI=1S/C11H9NO3/c1-15-10-4-2-3-8(6-10)5-9(7-12)11(13)14/h2-6H,1H3,(H,13,14)/b9-5-.